The highest BCUT2D eigenvalue weighted by atomic mass is 35.5. The molecular formula is C21H14ClN3O3. The lowest BCUT2D eigenvalue weighted by Crippen LogP contribution is -2.30. The molecule has 1 N–H and O–H groups in total. The number of Topliss-reactive ketones (excluding diaryl/α,β-unsaturated/α-hetero) is 1. The number of nitrogens with zero attached hydrogens (tertiary/aromatic N) is 3. The third kappa shape index (κ3) is 3.04. The Kier molecular flexibility index (Phi) is 4.63. The summed E-state index contributed by atoms with van der Waals surface area (Å²) in [7, 11) is 0. The van der Waals surface area contributed by atoms with Gasteiger partial charge < -0.3 is 5.11 Å². The fourth-order valence-corrected chi connectivity index (χ4v) is 3.31. The standard InChI is InChI=1S/C21H14ClN3O3/c22-15-8-6-13(7-9-15)19(26)17-18(14-4-3-10-23-12-14)25(21(28)20(17)27)16-5-1-2-11-24-16/h1-12,18,26H/b19-17-. The molecule has 3 aromatic rings. The van der Waals surface area contributed by atoms with Crippen molar-refractivity contribution in [3.63, 3.8) is 0 Å². The molecular weight excluding hydrogens is 378 g/mol. The number of rotatable bonds is 3. The molecule has 1 unspecified atom stereocenters. The summed E-state index contributed by atoms with van der Waals surface area (Å²) in [6, 6.07) is 14.1. The lowest BCUT2D eigenvalue weighted by molar-refractivity contribution is -0.132. The van der Waals surface area contributed by atoms with E-state index in [2.05, 4.69) is 9.97 Å². The number of halogens is 1. The molecule has 4 rings (SSSR count). The smallest absolute Gasteiger partial charge is 0.301 e. The second-order valence-corrected chi connectivity index (χ2v) is 6.59. The Labute approximate surface area is 165 Å². The third-order valence-electron chi connectivity index (χ3n) is 4.46. The SMILES string of the molecule is O=C1C(=O)N(c2ccccn2)C(c2cccnc2)/C1=C(/O)c1ccc(Cl)cc1. The second kappa shape index (κ2) is 7.25. The quantitative estimate of drug-likeness (QED) is 0.417. The first-order valence-electron chi connectivity index (χ1n) is 8.46. The molecule has 1 atom stereocenters. The van der Waals surface area contributed by atoms with Gasteiger partial charge >= 0.3 is 5.91 Å². The number of carbonyl (C=O) groups excluding carboxylic acids is 2. The maximum absolute atomic E-state index is 12.9. The van der Waals surface area contributed by atoms with E-state index in [1.807, 2.05) is 0 Å². The van der Waals surface area contributed by atoms with Crippen LogP contribution in [0.15, 0.2) is 78.8 Å². The van der Waals surface area contributed by atoms with Gasteiger partial charge in [-0.2, -0.15) is 0 Å². The van der Waals surface area contributed by atoms with Gasteiger partial charge in [0.2, 0.25) is 0 Å². The van der Waals surface area contributed by atoms with Crippen LogP contribution in [-0.2, 0) is 9.59 Å². The molecule has 1 fully saturated rings. The molecule has 0 saturated carbocycles. The molecule has 2 aromatic heterocycles. The van der Waals surface area contributed by atoms with Crippen LogP contribution in [0.5, 0.6) is 0 Å². The summed E-state index contributed by atoms with van der Waals surface area (Å²) in [6.45, 7) is 0. The topological polar surface area (TPSA) is 83.4 Å². The van der Waals surface area contributed by atoms with E-state index < -0.39 is 17.7 Å². The molecule has 28 heavy (non-hydrogen) atoms. The van der Waals surface area contributed by atoms with Crippen molar-refractivity contribution in [2.45, 2.75) is 6.04 Å². The van der Waals surface area contributed by atoms with Gasteiger partial charge in [-0.1, -0.05) is 23.7 Å². The summed E-state index contributed by atoms with van der Waals surface area (Å²) in [5.41, 5.74) is 0.950. The number of ketones is 1. The van der Waals surface area contributed by atoms with Crippen LogP contribution in [0.3, 0.4) is 0 Å². The van der Waals surface area contributed by atoms with Crippen molar-refractivity contribution in [2.24, 2.45) is 0 Å². The van der Waals surface area contributed by atoms with Crippen LogP contribution in [-0.4, -0.2) is 26.8 Å². The Hall–Kier alpha value is -3.51. The molecule has 0 spiro atoms. The zero-order chi connectivity index (χ0) is 19.7. The molecule has 1 aliphatic rings. The average molecular weight is 392 g/mol. The predicted octanol–water partition coefficient (Wildman–Crippen LogP) is 3.76. The number of hydrogen-bond acceptors (Lipinski definition) is 5. The van der Waals surface area contributed by atoms with Crippen LogP contribution in [0.4, 0.5) is 5.82 Å². The molecule has 3 heterocycles. The number of amides is 1. The number of pyridine rings is 2. The summed E-state index contributed by atoms with van der Waals surface area (Å²) in [4.78, 5) is 35.3. The zero-order valence-electron chi connectivity index (χ0n) is 14.5. The minimum Gasteiger partial charge on any atom is -0.507 e. The molecule has 0 radical (unpaired) electrons. The van der Waals surface area contributed by atoms with Crippen LogP contribution in [0.1, 0.15) is 17.2 Å². The molecule has 0 aliphatic carbocycles. The zero-order valence-corrected chi connectivity index (χ0v) is 15.2. The van der Waals surface area contributed by atoms with Crippen molar-refractivity contribution in [3.8, 4) is 0 Å². The highest BCUT2D eigenvalue weighted by Crippen LogP contribution is 2.41. The van der Waals surface area contributed by atoms with Gasteiger partial charge in [0, 0.05) is 29.2 Å². The number of anilines is 1. The second-order valence-electron chi connectivity index (χ2n) is 6.15. The van der Waals surface area contributed by atoms with Crippen LogP contribution in [0.2, 0.25) is 5.02 Å². The number of carbonyl (C=O) groups is 2. The summed E-state index contributed by atoms with van der Waals surface area (Å²) >= 11 is 5.91. The van der Waals surface area contributed by atoms with E-state index in [9.17, 15) is 14.7 Å². The molecule has 1 saturated heterocycles. The monoisotopic (exact) mass is 391 g/mol. The maximum atomic E-state index is 12.9. The van der Waals surface area contributed by atoms with Crippen LogP contribution < -0.4 is 4.90 Å². The molecule has 1 amide bonds. The molecule has 0 bridgehead atoms. The van der Waals surface area contributed by atoms with Gasteiger partial charge in [-0.25, -0.2) is 4.98 Å². The molecule has 138 valence electrons. The van der Waals surface area contributed by atoms with E-state index in [0.29, 0.717) is 22.0 Å². The first kappa shape index (κ1) is 17.9. The van der Waals surface area contributed by atoms with E-state index >= 15 is 0 Å². The van der Waals surface area contributed by atoms with E-state index in [1.165, 1.54) is 11.1 Å². The van der Waals surface area contributed by atoms with E-state index in [0.717, 1.165) is 0 Å². The van der Waals surface area contributed by atoms with Crippen molar-refractivity contribution in [1.82, 2.24) is 9.97 Å². The maximum Gasteiger partial charge on any atom is 0.301 e. The molecule has 1 aromatic carbocycles. The molecule has 7 heteroatoms. The number of aromatic nitrogens is 2. The lowest BCUT2D eigenvalue weighted by atomic mass is 9.96. The normalized spacial score (nSPS) is 18.5. The fraction of sp³-hybridized carbons (Fsp3) is 0.0476. The minimum absolute atomic E-state index is 0.0222. The van der Waals surface area contributed by atoms with Gasteiger partial charge in [-0.05, 0) is 48.0 Å². The molecule has 1 aliphatic heterocycles. The Morgan fingerprint density at radius 1 is 1.00 bits per heavy atom. The van der Waals surface area contributed by atoms with Gasteiger partial charge in [-0.3, -0.25) is 19.5 Å². The largest absolute Gasteiger partial charge is 0.507 e. The Morgan fingerprint density at radius 2 is 1.79 bits per heavy atom. The Balaban J connectivity index is 1.94. The van der Waals surface area contributed by atoms with Gasteiger partial charge in [0.25, 0.3) is 5.78 Å². The van der Waals surface area contributed by atoms with Crippen molar-refractivity contribution in [3.05, 3.63) is 94.9 Å². The van der Waals surface area contributed by atoms with Gasteiger partial charge in [0.15, 0.2) is 0 Å². The van der Waals surface area contributed by atoms with Gasteiger partial charge in [0.1, 0.15) is 11.6 Å². The van der Waals surface area contributed by atoms with Crippen LogP contribution >= 0.6 is 11.6 Å². The van der Waals surface area contributed by atoms with E-state index in [1.54, 1.807) is 67.0 Å². The highest BCUT2D eigenvalue weighted by molar-refractivity contribution is 6.51. The number of hydrogen-bond donors (Lipinski definition) is 1. The highest BCUT2D eigenvalue weighted by Gasteiger charge is 2.47. The average Bonchev–Trinajstić information content (AvgIpc) is 3.00. The Morgan fingerprint density at radius 3 is 2.43 bits per heavy atom. The number of benzene rings is 1. The van der Waals surface area contributed by atoms with E-state index in [4.69, 9.17) is 11.6 Å². The van der Waals surface area contributed by atoms with Crippen LogP contribution in [0, 0.1) is 0 Å². The summed E-state index contributed by atoms with van der Waals surface area (Å²) in [6.07, 6.45) is 4.69. The number of aliphatic hydroxyl groups excluding tert-OH is 1. The van der Waals surface area contributed by atoms with Gasteiger partial charge in [0.05, 0.1) is 11.6 Å². The molecule has 6 nitrogen and oxygen atoms in total. The number of aliphatic hydroxyl groups is 1. The Bertz CT molecular complexity index is 1070. The first-order chi connectivity index (χ1) is 13.6. The predicted molar refractivity (Wildman–Crippen MR) is 105 cm³/mol. The van der Waals surface area contributed by atoms with Crippen LogP contribution in [0.25, 0.3) is 5.76 Å². The summed E-state index contributed by atoms with van der Waals surface area (Å²) in [5, 5.41) is 11.4. The van der Waals surface area contributed by atoms with Crippen molar-refractivity contribution in [2.75, 3.05) is 4.90 Å². The summed E-state index contributed by atoms with van der Waals surface area (Å²) in [5.74, 6) is -1.51. The lowest BCUT2D eigenvalue weighted by Gasteiger charge is -2.24. The first-order valence-corrected chi connectivity index (χ1v) is 8.83. The van der Waals surface area contributed by atoms with Crippen molar-refractivity contribution >= 4 is 34.9 Å². The fourth-order valence-electron chi connectivity index (χ4n) is 3.18. The third-order valence-corrected chi connectivity index (χ3v) is 4.71. The van der Waals surface area contributed by atoms with E-state index in [-0.39, 0.29) is 11.3 Å². The van der Waals surface area contributed by atoms with Crippen molar-refractivity contribution in [1.29, 1.82) is 0 Å². The summed E-state index contributed by atoms with van der Waals surface area (Å²) < 4.78 is 0. The minimum atomic E-state index is -0.848. The van der Waals surface area contributed by atoms with Gasteiger partial charge in [-0.15, -0.1) is 0 Å². The van der Waals surface area contributed by atoms with Crippen molar-refractivity contribution < 1.29 is 14.7 Å².